The van der Waals surface area contributed by atoms with Gasteiger partial charge in [-0.15, -0.1) is 5.06 Å². The van der Waals surface area contributed by atoms with E-state index in [1.54, 1.807) is 30.3 Å². The number of hydrogen-bond donors (Lipinski definition) is 1. The number of imide groups is 1. The maximum absolute atomic E-state index is 11.6. The van der Waals surface area contributed by atoms with Crippen molar-refractivity contribution in [2.24, 2.45) is 0 Å². The fraction of sp³-hybridized carbons (Fsp3) is 0.250. The van der Waals surface area contributed by atoms with Gasteiger partial charge in [0.15, 0.2) is 5.25 Å². The highest BCUT2D eigenvalue weighted by atomic mass is 32.2. The van der Waals surface area contributed by atoms with Gasteiger partial charge in [-0.2, -0.15) is 8.42 Å². The van der Waals surface area contributed by atoms with Crippen LogP contribution in [0.25, 0.3) is 0 Å². The second-order valence-corrected chi connectivity index (χ2v) is 5.96. The molecule has 2 rings (SSSR count). The van der Waals surface area contributed by atoms with Crippen molar-refractivity contribution in [2.75, 3.05) is 0 Å². The van der Waals surface area contributed by atoms with E-state index < -0.39 is 39.6 Å². The molecular weight excluding hydrogens is 302 g/mol. The molecule has 9 heteroatoms. The Bertz CT molecular complexity index is 683. The zero-order valence-electron chi connectivity index (χ0n) is 10.6. The average molecular weight is 313 g/mol. The summed E-state index contributed by atoms with van der Waals surface area (Å²) in [5.74, 6) is -3.16. The van der Waals surface area contributed by atoms with Gasteiger partial charge in [0, 0.05) is 0 Å². The Kier molecular flexibility index (Phi) is 4.05. The summed E-state index contributed by atoms with van der Waals surface area (Å²) >= 11 is 0. The molecule has 1 atom stereocenters. The average Bonchev–Trinajstić information content (AvgIpc) is 2.68. The number of carbonyl (C=O) groups excluding carboxylic acids is 3. The first kappa shape index (κ1) is 15.1. The summed E-state index contributed by atoms with van der Waals surface area (Å²) in [6, 6.07) is 8.44. The summed E-state index contributed by atoms with van der Waals surface area (Å²) in [5.41, 5.74) is 0.605. The largest absolute Gasteiger partial charge is 0.337 e. The monoisotopic (exact) mass is 313 g/mol. The molecule has 112 valence electrons. The minimum atomic E-state index is -4.72. The van der Waals surface area contributed by atoms with E-state index in [0.717, 1.165) is 0 Å². The van der Waals surface area contributed by atoms with E-state index in [9.17, 15) is 22.8 Å². The molecule has 0 spiro atoms. The molecule has 1 aliphatic heterocycles. The molecule has 21 heavy (non-hydrogen) atoms. The Labute approximate surface area is 120 Å². The molecule has 0 aromatic heterocycles. The molecule has 1 N–H and O–H groups in total. The van der Waals surface area contributed by atoms with E-state index in [-0.39, 0.29) is 11.5 Å². The van der Waals surface area contributed by atoms with Crippen molar-refractivity contribution in [3.8, 4) is 0 Å². The third-order valence-electron chi connectivity index (χ3n) is 2.81. The molecule has 0 radical (unpaired) electrons. The molecule has 1 unspecified atom stereocenters. The third-order valence-corrected chi connectivity index (χ3v) is 3.89. The summed E-state index contributed by atoms with van der Waals surface area (Å²) < 4.78 is 30.7. The van der Waals surface area contributed by atoms with E-state index in [1.807, 2.05) is 0 Å². The molecule has 8 nitrogen and oxygen atoms in total. The Balaban J connectivity index is 2.04. The second kappa shape index (κ2) is 5.62. The lowest BCUT2D eigenvalue weighted by atomic mass is 10.2. The second-order valence-electron chi connectivity index (χ2n) is 4.36. The molecule has 1 aromatic carbocycles. The zero-order chi connectivity index (χ0) is 15.6. The summed E-state index contributed by atoms with van der Waals surface area (Å²) in [5, 5.41) is -1.83. The van der Waals surface area contributed by atoms with E-state index in [2.05, 4.69) is 4.84 Å². The Morgan fingerprint density at radius 2 is 1.90 bits per heavy atom. The van der Waals surface area contributed by atoms with Gasteiger partial charge >= 0.3 is 5.97 Å². The smallest absolute Gasteiger partial charge is 0.330 e. The number of hydrogen-bond acceptors (Lipinski definition) is 6. The van der Waals surface area contributed by atoms with Crippen molar-refractivity contribution < 1.29 is 32.2 Å². The Hall–Kier alpha value is -2.26. The minimum Gasteiger partial charge on any atom is -0.330 e. The first-order valence-corrected chi connectivity index (χ1v) is 7.37. The van der Waals surface area contributed by atoms with E-state index in [4.69, 9.17) is 4.55 Å². The van der Waals surface area contributed by atoms with Crippen LogP contribution in [0.1, 0.15) is 12.0 Å². The maximum Gasteiger partial charge on any atom is 0.337 e. The molecule has 1 heterocycles. The predicted molar refractivity (Wildman–Crippen MR) is 68.0 cm³/mol. The van der Waals surface area contributed by atoms with Gasteiger partial charge in [0.05, 0.1) is 12.8 Å². The van der Waals surface area contributed by atoms with E-state index >= 15 is 0 Å². The Morgan fingerprint density at radius 3 is 2.43 bits per heavy atom. The van der Waals surface area contributed by atoms with Gasteiger partial charge in [0.1, 0.15) is 0 Å². The number of amides is 2. The van der Waals surface area contributed by atoms with E-state index in [0.29, 0.717) is 5.56 Å². The van der Waals surface area contributed by atoms with Crippen molar-refractivity contribution in [3.63, 3.8) is 0 Å². The van der Waals surface area contributed by atoms with Crippen LogP contribution < -0.4 is 0 Å². The van der Waals surface area contributed by atoms with Crippen molar-refractivity contribution in [1.29, 1.82) is 0 Å². The number of nitrogens with zero attached hydrogens (tertiary/aromatic N) is 1. The lowest BCUT2D eigenvalue weighted by Crippen LogP contribution is -2.37. The fourth-order valence-corrected chi connectivity index (χ4v) is 2.51. The summed E-state index contributed by atoms with van der Waals surface area (Å²) in [7, 11) is -4.72. The summed E-state index contributed by atoms with van der Waals surface area (Å²) in [4.78, 5) is 39.3. The highest BCUT2D eigenvalue weighted by molar-refractivity contribution is 7.87. The van der Waals surface area contributed by atoms with Crippen LogP contribution in [0.4, 0.5) is 0 Å². The van der Waals surface area contributed by atoms with Crippen LogP contribution in [-0.4, -0.2) is 41.1 Å². The van der Waals surface area contributed by atoms with Gasteiger partial charge in [0.25, 0.3) is 21.9 Å². The first-order chi connectivity index (χ1) is 9.79. The van der Waals surface area contributed by atoms with Crippen LogP contribution in [0.5, 0.6) is 0 Å². The topological polar surface area (TPSA) is 118 Å². The van der Waals surface area contributed by atoms with Gasteiger partial charge < -0.3 is 4.84 Å². The van der Waals surface area contributed by atoms with Gasteiger partial charge in [-0.1, -0.05) is 30.3 Å². The molecule has 2 amide bonds. The number of rotatable bonds is 4. The van der Waals surface area contributed by atoms with Crippen LogP contribution >= 0.6 is 0 Å². The standard InChI is InChI=1S/C12H11NO7S/c14-10-7-9(21(17,18)19)12(16)13(10)20-11(15)6-8-4-2-1-3-5-8/h1-5,9H,6-7H2,(H,17,18,19). The molecule has 1 fully saturated rings. The van der Waals surface area contributed by atoms with E-state index in [1.165, 1.54) is 0 Å². The SMILES string of the molecule is O=C(Cc1ccccc1)ON1C(=O)CC(S(=O)(=O)O)C1=O. The summed E-state index contributed by atoms with van der Waals surface area (Å²) in [6.07, 6.45) is -0.940. The third kappa shape index (κ3) is 3.44. The molecule has 0 bridgehead atoms. The summed E-state index contributed by atoms with van der Waals surface area (Å²) in [6.45, 7) is 0. The predicted octanol–water partition coefficient (Wildman–Crippen LogP) is -0.297. The minimum absolute atomic E-state index is 0.0870. The normalized spacial score (nSPS) is 18.9. The lowest BCUT2D eigenvalue weighted by molar-refractivity contribution is -0.196. The number of carbonyl (C=O) groups is 3. The molecule has 0 saturated carbocycles. The van der Waals surface area contributed by atoms with Crippen molar-refractivity contribution >= 4 is 27.9 Å². The molecular formula is C12H11NO7S. The Morgan fingerprint density at radius 1 is 1.29 bits per heavy atom. The quantitative estimate of drug-likeness (QED) is 0.599. The van der Waals surface area contributed by atoms with Crippen LogP contribution in [-0.2, 0) is 35.8 Å². The molecule has 1 aromatic rings. The van der Waals surface area contributed by atoms with Gasteiger partial charge in [0.2, 0.25) is 0 Å². The van der Waals surface area contributed by atoms with Crippen molar-refractivity contribution in [3.05, 3.63) is 35.9 Å². The van der Waals surface area contributed by atoms with Crippen LogP contribution in [0.3, 0.4) is 0 Å². The van der Waals surface area contributed by atoms with Crippen LogP contribution in [0.2, 0.25) is 0 Å². The molecule has 0 aliphatic carbocycles. The van der Waals surface area contributed by atoms with Crippen molar-refractivity contribution in [1.82, 2.24) is 5.06 Å². The first-order valence-electron chi connectivity index (χ1n) is 5.87. The highest BCUT2D eigenvalue weighted by Crippen LogP contribution is 2.20. The molecule has 1 saturated heterocycles. The fourth-order valence-electron chi connectivity index (χ4n) is 1.81. The maximum atomic E-state index is 11.6. The van der Waals surface area contributed by atoms with Gasteiger partial charge in [-0.3, -0.25) is 14.1 Å². The number of benzene rings is 1. The highest BCUT2D eigenvalue weighted by Gasteiger charge is 2.48. The molecule has 1 aliphatic rings. The van der Waals surface area contributed by atoms with Gasteiger partial charge in [-0.25, -0.2) is 4.79 Å². The lowest BCUT2D eigenvalue weighted by Gasteiger charge is -2.13. The van der Waals surface area contributed by atoms with Crippen molar-refractivity contribution in [2.45, 2.75) is 18.1 Å². The zero-order valence-corrected chi connectivity index (χ0v) is 11.4. The van der Waals surface area contributed by atoms with Crippen LogP contribution in [0, 0.1) is 0 Å². The van der Waals surface area contributed by atoms with Gasteiger partial charge in [-0.05, 0) is 5.56 Å². The van der Waals surface area contributed by atoms with Crippen LogP contribution in [0.15, 0.2) is 30.3 Å². The number of hydroxylamine groups is 2.